The van der Waals surface area contributed by atoms with Crippen LogP contribution in [0.3, 0.4) is 0 Å². The Morgan fingerprint density at radius 2 is 1.71 bits per heavy atom. The quantitative estimate of drug-likeness (QED) is 0.642. The van der Waals surface area contributed by atoms with Gasteiger partial charge in [-0.3, -0.25) is 9.10 Å². The summed E-state index contributed by atoms with van der Waals surface area (Å²) in [4.78, 5) is 14.5. The van der Waals surface area contributed by atoms with Gasteiger partial charge in [-0.1, -0.05) is 29.8 Å². The Balaban J connectivity index is 1.45. The summed E-state index contributed by atoms with van der Waals surface area (Å²) in [6.45, 7) is 5.96. The van der Waals surface area contributed by atoms with Crippen LogP contribution < -0.4 is 14.5 Å². The highest BCUT2D eigenvalue weighted by atomic mass is 32.2. The third-order valence-corrected chi connectivity index (χ3v) is 6.48. The molecule has 0 aliphatic carbocycles. The Kier molecular flexibility index (Phi) is 7.92. The SMILES string of the molecule is Cc1ccc(N(CCCC(=O)NCc2ccc(N3CCOCC3)cc2)S(C)(=O)=O)cc1. The molecule has 1 amide bonds. The minimum Gasteiger partial charge on any atom is -0.378 e. The Morgan fingerprint density at radius 1 is 1.06 bits per heavy atom. The van der Waals surface area contributed by atoms with Gasteiger partial charge in [-0.2, -0.15) is 0 Å². The fourth-order valence-corrected chi connectivity index (χ4v) is 4.48. The molecule has 1 heterocycles. The van der Waals surface area contributed by atoms with Crippen LogP contribution in [-0.4, -0.2) is 53.4 Å². The van der Waals surface area contributed by atoms with Crippen LogP contribution in [0, 0.1) is 6.92 Å². The number of hydrogen-bond acceptors (Lipinski definition) is 5. The van der Waals surface area contributed by atoms with E-state index in [1.54, 1.807) is 12.1 Å². The average molecular weight is 446 g/mol. The summed E-state index contributed by atoms with van der Waals surface area (Å²) in [5.74, 6) is -0.0883. The first-order chi connectivity index (χ1) is 14.8. The predicted molar refractivity (Wildman–Crippen MR) is 124 cm³/mol. The van der Waals surface area contributed by atoms with Crippen LogP contribution in [0.1, 0.15) is 24.0 Å². The van der Waals surface area contributed by atoms with Gasteiger partial charge >= 0.3 is 0 Å². The minimum absolute atomic E-state index is 0.0883. The van der Waals surface area contributed by atoms with Gasteiger partial charge in [-0.05, 0) is 43.2 Å². The number of anilines is 2. The zero-order valence-corrected chi connectivity index (χ0v) is 19.0. The van der Waals surface area contributed by atoms with E-state index < -0.39 is 10.0 Å². The van der Waals surface area contributed by atoms with Crippen molar-refractivity contribution in [1.29, 1.82) is 0 Å². The maximum atomic E-state index is 12.2. The number of amides is 1. The molecule has 7 nitrogen and oxygen atoms in total. The maximum absolute atomic E-state index is 12.2. The van der Waals surface area contributed by atoms with Gasteiger partial charge in [0.25, 0.3) is 0 Å². The van der Waals surface area contributed by atoms with E-state index >= 15 is 0 Å². The van der Waals surface area contributed by atoms with Gasteiger partial charge in [0, 0.05) is 38.3 Å². The van der Waals surface area contributed by atoms with E-state index in [4.69, 9.17) is 4.74 Å². The molecule has 3 rings (SSSR count). The first kappa shape index (κ1) is 23.1. The number of carbonyl (C=O) groups excluding carboxylic acids is 1. The molecular formula is C23H31N3O4S. The highest BCUT2D eigenvalue weighted by Crippen LogP contribution is 2.19. The minimum atomic E-state index is -3.41. The molecule has 1 aliphatic heterocycles. The van der Waals surface area contributed by atoms with Crippen LogP contribution in [0.4, 0.5) is 11.4 Å². The number of hydrogen-bond donors (Lipinski definition) is 1. The van der Waals surface area contributed by atoms with Gasteiger partial charge in [0.15, 0.2) is 0 Å². The van der Waals surface area contributed by atoms with Crippen LogP contribution in [0.25, 0.3) is 0 Å². The van der Waals surface area contributed by atoms with Crippen molar-refractivity contribution in [2.75, 3.05) is 48.3 Å². The third kappa shape index (κ3) is 6.97. The van der Waals surface area contributed by atoms with Crippen LogP contribution >= 0.6 is 0 Å². The molecule has 2 aromatic carbocycles. The lowest BCUT2D eigenvalue weighted by atomic mass is 10.2. The van der Waals surface area contributed by atoms with Gasteiger partial charge in [0.1, 0.15) is 0 Å². The van der Waals surface area contributed by atoms with E-state index in [1.165, 1.54) is 10.6 Å². The van der Waals surface area contributed by atoms with Crippen LogP contribution in [0.2, 0.25) is 0 Å². The van der Waals surface area contributed by atoms with E-state index in [-0.39, 0.29) is 18.9 Å². The molecule has 0 unspecified atom stereocenters. The van der Waals surface area contributed by atoms with Crippen LogP contribution in [0.15, 0.2) is 48.5 Å². The highest BCUT2D eigenvalue weighted by molar-refractivity contribution is 7.92. The first-order valence-corrected chi connectivity index (χ1v) is 12.4. The lowest BCUT2D eigenvalue weighted by molar-refractivity contribution is -0.121. The number of aryl methyl sites for hydroxylation is 1. The molecule has 31 heavy (non-hydrogen) atoms. The van der Waals surface area contributed by atoms with Crippen molar-refractivity contribution in [3.8, 4) is 0 Å². The summed E-state index contributed by atoms with van der Waals surface area (Å²) in [6.07, 6.45) is 1.90. The normalized spacial score (nSPS) is 14.3. The first-order valence-electron chi connectivity index (χ1n) is 10.6. The summed E-state index contributed by atoms with van der Waals surface area (Å²) in [6, 6.07) is 15.5. The van der Waals surface area contributed by atoms with Crippen LogP contribution in [-0.2, 0) is 26.1 Å². The van der Waals surface area contributed by atoms with E-state index in [0.29, 0.717) is 18.7 Å². The zero-order valence-electron chi connectivity index (χ0n) is 18.2. The molecule has 1 aliphatic rings. The standard InChI is InChI=1S/C23H31N3O4S/c1-19-5-9-22(10-6-19)26(31(2,28)29)13-3-4-23(27)24-18-20-7-11-21(12-8-20)25-14-16-30-17-15-25/h5-12H,3-4,13-18H2,1-2H3,(H,24,27). The number of morpholine rings is 1. The Bertz CT molecular complexity index is 953. The molecule has 0 radical (unpaired) electrons. The van der Waals surface area contributed by atoms with Gasteiger partial charge in [0.2, 0.25) is 15.9 Å². The molecular weight excluding hydrogens is 414 g/mol. The van der Waals surface area contributed by atoms with E-state index in [9.17, 15) is 13.2 Å². The second kappa shape index (κ2) is 10.6. The Morgan fingerprint density at radius 3 is 2.32 bits per heavy atom. The molecule has 168 valence electrons. The molecule has 0 aromatic heterocycles. The second-order valence-corrected chi connectivity index (χ2v) is 9.72. The summed E-state index contributed by atoms with van der Waals surface area (Å²) < 4.78 is 31.1. The van der Waals surface area contributed by atoms with Gasteiger partial charge in [-0.15, -0.1) is 0 Å². The highest BCUT2D eigenvalue weighted by Gasteiger charge is 2.17. The summed E-state index contributed by atoms with van der Waals surface area (Å²) in [5, 5.41) is 2.92. The van der Waals surface area contributed by atoms with E-state index in [2.05, 4.69) is 22.3 Å². The molecule has 0 bridgehead atoms. The molecule has 0 saturated carbocycles. The topological polar surface area (TPSA) is 79.0 Å². The lowest BCUT2D eigenvalue weighted by Crippen LogP contribution is -2.36. The smallest absolute Gasteiger partial charge is 0.232 e. The van der Waals surface area contributed by atoms with Crippen LogP contribution in [0.5, 0.6) is 0 Å². The number of ether oxygens (including phenoxy) is 1. The molecule has 1 saturated heterocycles. The van der Waals surface area contributed by atoms with Crippen molar-refractivity contribution in [3.63, 3.8) is 0 Å². The summed E-state index contributed by atoms with van der Waals surface area (Å²) in [7, 11) is -3.41. The molecule has 1 fully saturated rings. The number of carbonyl (C=O) groups is 1. The monoisotopic (exact) mass is 445 g/mol. The maximum Gasteiger partial charge on any atom is 0.232 e. The molecule has 0 spiro atoms. The average Bonchev–Trinajstić information content (AvgIpc) is 2.76. The van der Waals surface area contributed by atoms with Crippen molar-refractivity contribution in [3.05, 3.63) is 59.7 Å². The number of rotatable bonds is 9. The van der Waals surface area contributed by atoms with Crippen molar-refractivity contribution < 1.29 is 17.9 Å². The van der Waals surface area contributed by atoms with Crippen molar-refractivity contribution in [1.82, 2.24) is 5.32 Å². The van der Waals surface area contributed by atoms with Crippen molar-refractivity contribution >= 4 is 27.3 Å². The summed E-state index contributed by atoms with van der Waals surface area (Å²) >= 11 is 0. The zero-order chi connectivity index (χ0) is 22.3. The Labute approximate surface area is 185 Å². The molecule has 0 atom stereocenters. The lowest BCUT2D eigenvalue weighted by Gasteiger charge is -2.28. The fourth-order valence-electron chi connectivity index (χ4n) is 3.52. The van der Waals surface area contributed by atoms with Gasteiger partial charge in [0.05, 0.1) is 25.2 Å². The van der Waals surface area contributed by atoms with E-state index in [0.717, 1.165) is 43.1 Å². The summed E-state index contributed by atoms with van der Waals surface area (Å²) in [5.41, 5.74) is 3.88. The largest absolute Gasteiger partial charge is 0.378 e. The van der Waals surface area contributed by atoms with Gasteiger partial charge in [-0.25, -0.2) is 8.42 Å². The number of sulfonamides is 1. The third-order valence-electron chi connectivity index (χ3n) is 5.29. The predicted octanol–water partition coefficient (Wildman–Crippen LogP) is 2.69. The number of nitrogens with one attached hydrogen (secondary N) is 1. The number of benzene rings is 2. The van der Waals surface area contributed by atoms with Gasteiger partial charge < -0.3 is 15.0 Å². The molecule has 1 N–H and O–H groups in total. The molecule has 8 heteroatoms. The van der Waals surface area contributed by atoms with E-state index in [1.807, 2.05) is 31.2 Å². The number of nitrogens with zero attached hydrogens (tertiary/aromatic N) is 2. The van der Waals surface area contributed by atoms with Crippen molar-refractivity contribution in [2.45, 2.75) is 26.3 Å². The Hall–Kier alpha value is -2.58. The molecule has 2 aromatic rings. The second-order valence-electron chi connectivity index (χ2n) is 7.82. The fraction of sp³-hybridized carbons (Fsp3) is 0.435. The van der Waals surface area contributed by atoms with Crippen molar-refractivity contribution in [2.24, 2.45) is 0 Å².